The molecule has 2 aromatic rings. The number of aliphatic imine (C=N–C) groups is 1. The molecule has 0 saturated heterocycles. The molecule has 1 aliphatic heterocycles. The molecule has 0 fully saturated rings. The summed E-state index contributed by atoms with van der Waals surface area (Å²) in [7, 11) is 0. The number of esters is 1. The van der Waals surface area contributed by atoms with Crippen LogP contribution in [0, 0.1) is 10.1 Å². The monoisotopic (exact) mass is 450 g/mol. The van der Waals surface area contributed by atoms with Crippen LogP contribution in [0.3, 0.4) is 0 Å². The van der Waals surface area contributed by atoms with Gasteiger partial charge in [0.1, 0.15) is 5.02 Å². The van der Waals surface area contributed by atoms with Crippen molar-refractivity contribution in [2.24, 2.45) is 4.99 Å². The van der Waals surface area contributed by atoms with E-state index in [1.807, 2.05) is 13.8 Å². The first-order valence-electron chi connectivity index (χ1n) is 8.90. The van der Waals surface area contributed by atoms with Crippen LogP contribution in [0.15, 0.2) is 41.0 Å². The summed E-state index contributed by atoms with van der Waals surface area (Å²) >= 11 is 12.1. The fourth-order valence-electron chi connectivity index (χ4n) is 2.69. The lowest BCUT2D eigenvalue weighted by Gasteiger charge is -2.13. The Morgan fingerprint density at radius 1 is 1.13 bits per heavy atom. The zero-order valence-corrected chi connectivity index (χ0v) is 17.5. The summed E-state index contributed by atoms with van der Waals surface area (Å²) in [4.78, 5) is 26.9. The molecule has 10 heteroatoms. The zero-order valence-electron chi connectivity index (χ0n) is 16.0. The van der Waals surface area contributed by atoms with Crippen LogP contribution < -0.4 is 9.47 Å². The lowest BCUT2D eigenvalue weighted by molar-refractivity contribution is -0.384. The quantitative estimate of drug-likeness (QED) is 0.253. The van der Waals surface area contributed by atoms with E-state index in [9.17, 15) is 14.9 Å². The van der Waals surface area contributed by atoms with Crippen molar-refractivity contribution in [2.75, 3.05) is 13.2 Å². The number of ether oxygens (including phenoxy) is 3. The smallest absolute Gasteiger partial charge is 0.363 e. The molecule has 0 unspecified atom stereocenters. The fraction of sp³-hybridized carbons (Fsp3) is 0.200. The predicted octanol–water partition coefficient (Wildman–Crippen LogP) is 5.04. The molecule has 0 amide bonds. The van der Waals surface area contributed by atoms with E-state index >= 15 is 0 Å². The number of hydrogen-bond donors (Lipinski definition) is 0. The molecule has 0 saturated carbocycles. The molecule has 156 valence electrons. The molecule has 1 heterocycles. The molecule has 0 bridgehead atoms. The lowest BCUT2D eigenvalue weighted by Crippen LogP contribution is -2.06. The summed E-state index contributed by atoms with van der Waals surface area (Å²) in [5.41, 5.74) is 0.490. The van der Waals surface area contributed by atoms with Crippen LogP contribution in [0.4, 0.5) is 5.69 Å². The van der Waals surface area contributed by atoms with E-state index in [-0.39, 0.29) is 27.9 Å². The van der Waals surface area contributed by atoms with E-state index in [0.29, 0.717) is 35.3 Å². The second kappa shape index (κ2) is 9.15. The second-order valence-electron chi connectivity index (χ2n) is 5.96. The van der Waals surface area contributed by atoms with E-state index in [0.717, 1.165) is 0 Å². The number of rotatable bonds is 7. The molecule has 30 heavy (non-hydrogen) atoms. The number of carbonyl (C=O) groups is 1. The summed E-state index contributed by atoms with van der Waals surface area (Å²) < 4.78 is 16.3. The lowest BCUT2D eigenvalue weighted by atomic mass is 10.1. The molecule has 1 aliphatic rings. The molecular weight excluding hydrogens is 435 g/mol. The van der Waals surface area contributed by atoms with Gasteiger partial charge in [-0.05, 0) is 49.8 Å². The van der Waals surface area contributed by atoms with Crippen molar-refractivity contribution < 1.29 is 23.9 Å². The number of benzene rings is 2. The van der Waals surface area contributed by atoms with E-state index < -0.39 is 10.9 Å². The Morgan fingerprint density at radius 3 is 2.53 bits per heavy atom. The summed E-state index contributed by atoms with van der Waals surface area (Å²) in [6.45, 7) is 4.46. The standard InChI is InChI=1S/C20H16Cl2N2O6/c1-3-28-17-9-11(7-14(22)18(17)29-4-2)8-15-20(25)30-19(23-15)12-5-6-13(21)16(10-12)24(26)27/h5-10H,3-4H2,1-2H3/b15-8+. The normalized spacial score (nSPS) is 14.5. The van der Waals surface area contributed by atoms with Crippen LogP contribution >= 0.6 is 23.2 Å². The Labute approximate surface area is 181 Å². The molecule has 8 nitrogen and oxygen atoms in total. The van der Waals surface area contributed by atoms with Crippen molar-refractivity contribution >= 4 is 46.8 Å². The highest BCUT2D eigenvalue weighted by molar-refractivity contribution is 6.33. The molecular formula is C20H16Cl2N2O6. The summed E-state index contributed by atoms with van der Waals surface area (Å²) in [5.74, 6) is 0.0797. The van der Waals surface area contributed by atoms with Crippen LogP contribution in [-0.4, -0.2) is 30.0 Å². The van der Waals surface area contributed by atoms with Gasteiger partial charge in [0.05, 0.1) is 23.2 Å². The maximum absolute atomic E-state index is 12.3. The van der Waals surface area contributed by atoms with Gasteiger partial charge in [0, 0.05) is 11.6 Å². The van der Waals surface area contributed by atoms with Crippen LogP contribution in [0.5, 0.6) is 11.5 Å². The summed E-state index contributed by atoms with van der Waals surface area (Å²) in [5, 5.41) is 11.4. The van der Waals surface area contributed by atoms with Gasteiger partial charge in [-0.2, -0.15) is 0 Å². The van der Waals surface area contributed by atoms with Gasteiger partial charge < -0.3 is 14.2 Å². The van der Waals surface area contributed by atoms with Gasteiger partial charge >= 0.3 is 5.97 Å². The Morgan fingerprint density at radius 2 is 1.87 bits per heavy atom. The minimum Gasteiger partial charge on any atom is -0.490 e. The van der Waals surface area contributed by atoms with Crippen molar-refractivity contribution in [3.63, 3.8) is 0 Å². The molecule has 0 atom stereocenters. The van der Waals surface area contributed by atoms with Crippen molar-refractivity contribution in [1.29, 1.82) is 0 Å². The third-order valence-electron chi connectivity index (χ3n) is 3.93. The highest BCUT2D eigenvalue weighted by Crippen LogP contribution is 2.37. The molecule has 2 aromatic carbocycles. The SMILES string of the molecule is CCOc1cc(/C=C2/N=C(c3ccc(Cl)c([N+](=O)[O-])c3)OC2=O)cc(Cl)c1OCC. The van der Waals surface area contributed by atoms with Gasteiger partial charge in [-0.25, -0.2) is 9.79 Å². The van der Waals surface area contributed by atoms with Crippen molar-refractivity contribution in [3.8, 4) is 11.5 Å². The molecule has 0 aromatic heterocycles. The Bertz CT molecular complexity index is 1080. The average Bonchev–Trinajstić information content (AvgIpc) is 3.05. The number of nitrogens with zero attached hydrogens (tertiary/aromatic N) is 2. The summed E-state index contributed by atoms with van der Waals surface area (Å²) in [6, 6.07) is 7.29. The van der Waals surface area contributed by atoms with E-state index in [1.54, 1.807) is 12.1 Å². The van der Waals surface area contributed by atoms with Crippen LogP contribution in [0.2, 0.25) is 10.0 Å². The number of halogens is 2. The number of carbonyl (C=O) groups excluding carboxylic acids is 1. The minimum absolute atomic E-state index is 0.00489. The van der Waals surface area contributed by atoms with Crippen molar-refractivity contribution in [2.45, 2.75) is 13.8 Å². The third kappa shape index (κ3) is 4.55. The first-order valence-corrected chi connectivity index (χ1v) is 9.65. The highest BCUT2D eigenvalue weighted by Gasteiger charge is 2.26. The number of nitro benzene ring substituents is 1. The number of cyclic esters (lactones) is 1. The van der Waals surface area contributed by atoms with Crippen LogP contribution in [-0.2, 0) is 9.53 Å². The van der Waals surface area contributed by atoms with Gasteiger partial charge in [-0.3, -0.25) is 10.1 Å². The fourth-order valence-corrected chi connectivity index (χ4v) is 3.15. The second-order valence-corrected chi connectivity index (χ2v) is 6.77. The maximum Gasteiger partial charge on any atom is 0.363 e. The van der Waals surface area contributed by atoms with Crippen LogP contribution in [0.1, 0.15) is 25.0 Å². The van der Waals surface area contributed by atoms with Gasteiger partial charge in [0.2, 0.25) is 5.90 Å². The van der Waals surface area contributed by atoms with Gasteiger partial charge in [0.25, 0.3) is 5.69 Å². The molecule has 0 aliphatic carbocycles. The number of nitro groups is 1. The third-order valence-corrected chi connectivity index (χ3v) is 4.53. The topological polar surface area (TPSA) is 100 Å². The molecule has 3 rings (SSSR count). The van der Waals surface area contributed by atoms with Crippen molar-refractivity contribution in [3.05, 3.63) is 67.3 Å². The minimum atomic E-state index is -0.703. The first-order chi connectivity index (χ1) is 14.3. The Hall–Kier alpha value is -3.10. The maximum atomic E-state index is 12.3. The van der Waals surface area contributed by atoms with E-state index in [2.05, 4.69) is 4.99 Å². The molecule has 0 radical (unpaired) electrons. The van der Waals surface area contributed by atoms with Gasteiger partial charge in [-0.15, -0.1) is 0 Å². The van der Waals surface area contributed by atoms with E-state index in [4.69, 9.17) is 37.4 Å². The van der Waals surface area contributed by atoms with Gasteiger partial charge in [0.15, 0.2) is 17.2 Å². The Kier molecular flexibility index (Phi) is 6.59. The van der Waals surface area contributed by atoms with Gasteiger partial charge in [-0.1, -0.05) is 23.2 Å². The molecule has 0 N–H and O–H groups in total. The highest BCUT2D eigenvalue weighted by atomic mass is 35.5. The zero-order chi connectivity index (χ0) is 21.8. The average molecular weight is 451 g/mol. The Balaban J connectivity index is 1.98. The van der Waals surface area contributed by atoms with Crippen LogP contribution in [0.25, 0.3) is 6.08 Å². The first kappa shape index (κ1) is 21.6. The largest absolute Gasteiger partial charge is 0.490 e. The number of hydrogen-bond acceptors (Lipinski definition) is 7. The van der Waals surface area contributed by atoms with E-state index in [1.165, 1.54) is 24.3 Å². The van der Waals surface area contributed by atoms with Crippen molar-refractivity contribution in [1.82, 2.24) is 0 Å². The summed E-state index contributed by atoms with van der Waals surface area (Å²) in [6.07, 6.45) is 1.48. The molecule has 0 spiro atoms. The predicted molar refractivity (Wildman–Crippen MR) is 113 cm³/mol.